The summed E-state index contributed by atoms with van der Waals surface area (Å²) in [6.07, 6.45) is 0. The minimum absolute atomic E-state index is 0.285. The lowest BCUT2D eigenvalue weighted by Gasteiger charge is -2.01. The van der Waals surface area contributed by atoms with Gasteiger partial charge in [-0.05, 0) is 23.8 Å². The molecule has 2 rings (SSSR count). The van der Waals surface area contributed by atoms with Gasteiger partial charge in [0, 0.05) is 10.0 Å². The van der Waals surface area contributed by atoms with Gasteiger partial charge < -0.3 is 0 Å². The maximum atomic E-state index is 11.2. The van der Waals surface area contributed by atoms with Gasteiger partial charge in [-0.15, -0.1) is 0 Å². The average Bonchev–Trinajstić information content (AvgIpc) is 2.28. The first-order valence-corrected chi connectivity index (χ1v) is 4.27. The van der Waals surface area contributed by atoms with Crippen molar-refractivity contribution in [1.29, 1.82) is 0 Å². The summed E-state index contributed by atoms with van der Waals surface area (Å²) in [5.41, 5.74) is 1.44. The number of benzene rings is 1. The minimum atomic E-state index is -0.322. The van der Waals surface area contributed by atoms with Crippen LogP contribution in [0.4, 0.5) is 0 Å². The number of rotatable bonds is 0. The molecule has 0 spiro atoms. The van der Waals surface area contributed by atoms with E-state index in [2.05, 4.69) is 15.9 Å². The summed E-state index contributed by atoms with van der Waals surface area (Å²) < 4.78 is 0.921. The van der Waals surface area contributed by atoms with Crippen LogP contribution < -0.4 is 0 Å². The molecular formula is C8H6BrNO2. The van der Waals surface area contributed by atoms with Crippen LogP contribution in [0.25, 0.3) is 0 Å². The Labute approximate surface area is 77.7 Å². The van der Waals surface area contributed by atoms with Gasteiger partial charge >= 0.3 is 0 Å². The number of halogens is 1. The first-order chi connectivity index (χ1) is 5.68. The Morgan fingerprint density at radius 3 is 3.00 bits per heavy atom. The molecule has 3 nitrogen and oxygen atoms in total. The molecule has 1 aromatic carbocycles. The molecule has 0 saturated carbocycles. The lowest BCUT2D eigenvalue weighted by atomic mass is 10.1. The number of hydroxylamine groups is 2. The number of nitrogens with zero attached hydrogens (tertiary/aromatic N) is 1. The SMILES string of the molecule is O=C1c2ccc(Br)cc2CN1O. The van der Waals surface area contributed by atoms with Gasteiger partial charge in [-0.25, -0.2) is 5.06 Å². The monoisotopic (exact) mass is 227 g/mol. The molecule has 1 aliphatic heterocycles. The first-order valence-electron chi connectivity index (χ1n) is 3.47. The van der Waals surface area contributed by atoms with E-state index in [-0.39, 0.29) is 12.5 Å². The fourth-order valence-electron chi connectivity index (χ4n) is 1.27. The Kier molecular flexibility index (Phi) is 1.66. The highest BCUT2D eigenvalue weighted by Gasteiger charge is 2.25. The van der Waals surface area contributed by atoms with Crippen molar-refractivity contribution < 1.29 is 10.0 Å². The Hall–Kier alpha value is -0.870. The lowest BCUT2D eigenvalue weighted by Crippen LogP contribution is -2.18. The van der Waals surface area contributed by atoms with Crippen LogP contribution in [-0.4, -0.2) is 16.2 Å². The average molecular weight is 228 g/mol. The van der Waals surface area contributed by atoms with Crippen LogP contribution in [0.3, 0.4) is 0 Å². The van der Waals surface area contributed by atoms with Crippen molar-refractivity contribution >= 4 is 21.8 Å². The van der Waals surface area contributed by atoms with Crippen LogP contribution >= 0.6 is 15.9 Å². The summed E-state index contributed by atoms with van der Waals surface area (Å²) in [4.78, 5) is 11.2. The number of carbonyl (C=O) groups excluding carboxylic acids is 1. The van der Waals surface area contributed by atoms with Crippen molar-refractivity contribution in [3.8, 4) is 0 Å². The van der Waals surface area contributed by atoms with Gasteiger partial charge in [0.05, 0.1) is 6.54 Å². The predicted molar refractivity (Wildman–Crippen MR) is 45.8 cm³/mol. The van der Waals surface area contributed by atoms with E-state index in [0.717, 1.165) is 15.1 Å². The van der Waals surface area contributed by atoms with Crippen LogP contribution in [0.1, 0.15) is 15.9 Å². The maximum Gasteiger partial charge on any atom is 0.277 e. The second-order valence-electron chi connectivity index (χ2n) is 2.66. The van der Waals surface area contributed by atoms with Crippen LogP contribution in [0.2, 0.25) is 0 Å². The Balaban J connectivity index is 2.54. The molecule has 1 aliphatic rings. The van der Waals surface area contributed by atoms with E-state index in [4.69, 9.17) is 5.21 Å². The summed E-state index contributed by atoms with van der Waals surface area (Å²) >= 11 is 3.29. The molecule has 0 unspecified atom stereocenters. The van der Waals surface area contributed by atoms with Gasteiger partial charge in [0.2, 0.25) is 0 Å². The largest absolute Gasteiger partial charge is 0.285 e. The zero-order valence-electron chi connectivity index (χ0n) is 6.12. The van der Waals surface area contributed by atoms with Gasteiger partial charge in [-0.2, -0.15) is 0 Å². The molecule has 0 bridgehead atoms. The van der Waals surface area contributed by atoms with E-state index < -0.39 is 0 Å². The zero-order valence-corrected chi connectivity index (χ0v) is 7.71. The Morgan fingerprint density at radius 2 is 2.25 bits per heavy atom. The van der Waals surface area contributed by atoms with Crippen molar-refractivity contribution in [2.45, 2.75) is 6.54 Å². The topological polar surface area (TPSA) is 40.5 Å². The molecule has 12 heavy (non-hydrogen) atoms. The highest BCUT2D eigenvalue weighted by Crippen LogP contribution is 2.24. The standard InChI is InChI=1S/C8H6BrNO2/c9-6-1-2-7-5(3-6)4-10(12)8(7)11/h1-3,12H,4H2. The highest BCUT2D eigenvalue weighted by atomic mass is 79.9. The van der Waals surface area contributed by atoms with Gasteiger partial charge in [-0.1, -0.05) is 15.9 Å². The van der Waals surface area contributed by atoms with Crippen LogP contribution in [-0.2, 0) is 6.54 Å². The lowest BCUT2D eigenvalue weighted by molar-refractivity contribution is -0.0579. The van der Waals surface area contributed by atoms with Gasteiger partial charge in [-0.3, -0.25) is 10.0 Å². The van der Waals surface area contributed by atoms with E-state index in [9.17, 15) is 4.79 Å². The van der Waals surface area contributed by atoms with E-state index in [0.29, 0.717) is 5.56 Å². The predicted octanol–water partition coefficient (Wildman–Crippen LogP) is 1.79. The van der Waals surface area contributed by atoms with Crippen molar-refractivity contribution in [1.82, 2.24) is 5.06 Å². The van der Waals surface area contributed by atoms with Gasteiger partial charge in [0.25, 0.3) is 5.91 Å². The molecular weight excluding hydrogens is 222 g/mol. The van der Waals surface area contributed by atoms with Crippen molar-refractivity contribution in [2.24, 2.45) is 0 Å². The first kappa shape index (κ1) is 7.76. The smallest absolute Gasteiger partial charge is 0.277 e. The Morgan fingerprint density at radius 1 is 1.50 bits per heavy atom. The van der Waals surface area contributed by atoms with E-state index in [1.54, 1.807) is 12.1 Å². The molecule has 0 fully saturated rings. The third kappa shape index (κ3) is 1.04. The van der Waals surface area contributed by atoms with E-state index in [1.165, 1.54) is 0 Å². The highest BCUT2D eigenvalue weighted by molar-refractivity contribution is 9.10. The van der Waals surface area contributed by atoms with Crippen LogP contribution in [0.5, 0.6) is 0 Å². The molecule has 1 heterocycles. The summed E-state index contributed by atoms with van der Waals surface area (Å²) in [5, 5.41) is 9.80. The molecule has 4 heteroatoms. The van der Waals surface area contributed by atoms with Gasteiger partial charge in [0.15, 0.2) is 0 Å². The second kappa shape index (κ2) is 2.57. The van der Waals surface area contributed by atoms with Crippen molar-refractivity contribution in [3.05, 3.63) is 33.8 Å². The fourth-order valence-corrected chi connectivity index (χ4v) is 1.68. The number of hydrogen-bond acceptors (Lipinski definition) is 2. The van der Waals surface area contributed by atoms with Crippen LogP contribution in [0, 0.1) is 0 Å². The summed E-state index contributed by atoms with van der Waals surface area (Å²) in [6, 6.07) is 5.33. The van der Waals surface area contributed by atoms with Crippen molar-refractivity contribution in [3.63, 3.8) is 0 Å². The van der Waals surface area contributed by atoms with E-state index in [1.807, 2.05) is 6.07 Å². The zero-order chi connectivity index (χ0) is 8.72. The molecule has 62 valence electrons. The summed E-state index contributed by atoms with van der Waals surface area (Å²) in [7, 11) is 0. The normalized spacial score (nSPS) is 15.2. The number of carbonyl (C=O) groups is 1. The number of hydrogen-bond donors (Lipinski definition) is 1. The molecule has 0 atom stereocenters. The number of amides is 1. The molecule has 0 saturated heterocycles. The second-order valence-corrected chi connectivity index (χ2v) is 3.58. The Bertz CT molecular complexity index is 351. The van der Waals surface area contributed by atoms with Crippen LogP contribution in [0.15, 0.2) is 22.7 Å². The number of fused-ring (bicyclic) bond motifs is 1. The molecule has 1 aromatic rings. The van der Waals surface area contributed by atoms with Gasteiger partial charge in [0.1, 0.15) is 0 Å². The minimum Gasteiger partial charge on any atom is -0.285 e. The fraction of sp³-hybridized carbons (Fsp3) is 0.125. The summed E-state index contributed by atoms with van der Waals surface area (Å²) in [6.45, 7) is 0.285. The molecule has 0 radical (unpaired) electrons. The molecule has 0 aliphatic carbocycles. The third-order valence-electron chi connectivity index (χ3n) is 1.85. The molecule has 0 aromatic heterocycles. The van der Waals surface area contributed by atoms with E-state index >= 15 is 0 Å². The third-order valence-corrected chi connectivity index (χ3v) is 2.35. The molecule has 1 amide bonds. The quantitative estimate of drug-likeness (QED) is 0.687. The maximum absolute atomic E-state index is 11.2. The summed E-state index contributed by atoms with van der Waals surface area (Å²) in [5.74, 6) is -0.322. The van der Waals surface area contributed by atoms with Crippen molar-refractivity contribution in [2.75, 3.05) is 0 Å². The molecule has 1 N–H and O–H groups in total.